The Morgan fingerprint density at radius 2 is 2.17 bits per heavy atom. The smallest absolute Gasteiger partial charge is 0.348 e. The first kappa shape index (κ1) is 14.4. The van der Waals surface area contributed by atoms with Crippen LogP contribution in [0.1, 0.15) is 11.9 Å². The van der Waals surface area contributed by atoms with E-state index in [4.69, 9.17) is 0 Å². The highest BCUT2D eigenvalue weighted by Gasteiger charge is 2.39. The van der Waals surface area contributed by atoms with Crippen molar-refractivity contribution in [3.8, 4) is 0 Å². The molecule has 0 saturated carbocycles. The molecule has 1 aromatic heterocycles. The van der Waals surface area contributed by atoms with Gasteiger partial charge in [-0.1, -0.05) is 0 Å². The molecule has 0 aliphatic carbocycles. The molecule has 18 heavy (non-hydrogen) atoms. The summed E-state index contributed by atoms with van der Waals surface area (Å²) in [6, 6.07) is -1.26. The molecule has 100 valence electrons. The van der Waals surface area contributed by atoms with E-state index in [1.54, 1.807) is 16.9 Å². The van der Waals surface area contributed by atoms with Crippen LogP contribution in [0.3, 0.4) is 0 Å². The minimum Gasteiger partial charge on any atom is -0.348 e. The normalized spacial score (nSPS) is 12.9. The third kappa shape index (κ3) is 4.32. The summed E-state index contributed by atoms with van der Waals surface area (Å²) in [6.07, 6.45) is -3.45. The van der Waals surface area contributed by atoms with Crippen molar-refractivity contribution in [1.29, 1.82) is 0 Å². The van der Waals surface area contributed by atoms with Gasteiger partial charge < -0.3 is 10.6 Å². The Hall–Kier alpha value is -1.64. The molecule has 1 heterocycles. The first-order valence-electron chi connectivity index (χ1n) is 4.84. The van der Waals surface area contributed by atoms with Gasteiger partial charge >= 0.3 is 12.1 Å². The number of nitrogens with zero attached hydrogens (tertiary/aromatic N) is 1. The van der Waals surface area contributed by atoms with Gasteiger partial charge in [0.15, 0.2) is 0 Å². The number of hydrogen-bond donors (Lipinski definition) is 2. The first-order chi connectivity index (χ1) is 8.30. The van der Waals surface area contributed by atoms with Crippen molar-refractivity contribution in [3.05, 3.63) is 16.6 Å². The Morgan fingerprint density at radius 3 is 2.67 bits per heavy atom. The summed E-state index contributed by atoms with van der Waals surface area (Å²) in [7, 11) is 0. The fourth-order valence-electron chi connectivity index (χ4n) is 1.00. The molecule has 5 nitrogen and oxygen atoms in total. The molecule has 0 aliphatic rings. The van der Waals surface area contributed by atoms with E-state index in [1.807, 2.05) is 0 Å². The lowest BCUT2D eigenvalue weighted by Crippen LogP contribution is -2.48. The Bertz CT molecular complexity index is 419. The molecule has 1 rings (SSSR count). The maximum absolute atomic E-state index is 11.9. The van der Waals surface area contributed by atoms with Crippen molar-refractivity contribution in [2.45, 2.75) is 25.7 Å². The van der Waals surface area contributed by atoms with E-state index in [-0.39, 0.29) is 6.54 Å². The SMILES string of the molecule is C[C@@H](NC(=O)C(F)(F)F)C(=O)NCc1nccs1. The molecule has 0 bridgehead atoms. The van der Waals surface area contributed by atoms with Crippen molar-refractivity contribution >= 4 is 23.2 Å². The van der Waals surface area contributed by atoms with Crippen molar-refractivity contribution in [2.24, 2.45) is 0 Å². The summed E-state index contributed by atoms with van der Waals surface area (Å²) < 4.78 is 35.8. The molecule has 1 atom stereocenters. The van der Waals surface area contributed by atoms with E-state index >= 15 is 0 Å². The molecule has 1 aromatic rings. The number of amides is 2. The Morgan fingerprint density at radius 1 is 1.50 bits per heavy atom. The van der Waals surface area contributed by atoms with Gasteiger partial charge in [0.05, 0.1) is 6.54 Å². The van der Waals surface area contributed by atoms with E-state index in [9.17, 15) is 22.8 Å². The largest absolute Gasteiger partial charge is 0.471 e. The highest BCUT2D eigenvalue weighted by molar-refractivity contribution is 7.09. The molecular formula is C9H10F3N3O2S. The predicted octanol–water partition coefficient (Wildman–Crippen LogP) is 0.826. The summed E-state index contributed by atoms with van der Waals surface area (Å²) >= 11 is 1.30. The predicted molar refractivity (Wildman–Crippen MR) is 57.6 cm³/mol. The van der Waals surface area contributed by atoms with E-state index in [1.165, 1.54) is 18.3 Å². The number of hydrogen-bond acceptors (Lipinski definition) is 4. The number of aromatic nitrogens is 1. The fraction of sp³-hybridized carbons (Fsp3) is 0.444. The van der Waals surface area contributed by atoms with Crippen LogP contribution in [0, 0.1) is 0 Å². The van der Waals surface area contributed by atoms with E-state index in [0.29, 0.717) is 5.01 Å². The van der Waals surface area contributed by atoms with Crippen LogP contribution in [0.4, 0.5) is 13.2 Å². The molecular weight excluding hydrogens is 271 g/mol. The highest BCUT2D eigenvalue weighted by Crippen LogP contribution is 2.14. The lowest BCUT2D eigenvalue weighted by Gasteiger charge is -2.14. The van der Waals surface area contributed by atoms with Crippen LogP contribution in [0.5, 0.6) is 0 Å². The minimum absolute atomic E-state index is 0.114. The van der Waals surface area contributed by atoms with E-state index < -0.39 is 24.0 Å². The summed E-state index contributed by atoms with van der Waals surface area (Å²) in [6.45, 7) is 1.28. The number of nitrogens with one attached hydrogen (secondary N) is 2. The molecule has 0 aliphatic heterocycles. The molecule has 0 unspecified atom stereocenters. The monoisotopic (exact) mass is 281 g/mol. The zero-order chi connectivity index (χ0) is 13.8. The number of rotatable bonds is 4. The molecule has 0 radical (unpaired) electrons. The zero-order valence-corrected chi connectivity index (χ0v) is 10.1. The average molecular weight is 281 g/mol. The standard InChI is InChI=1S/C9H10F3N3O2S/c1-5(15-8(17)9(10,11)12)7(16)14-4-6-13-2-3-18-6/h2-3,5H,4H2,1H3,(H,14,16)(H,15,17)/t5-/m1/s1. The van der Waals surface area contributed by atoms with Crippen LogP contribution in [0.25, 0.3) is 0 Å². The number of halogens is 3. The van der Waals surface area contributed by atoms with Crippen LogP contribution in [-0.4, -0.2) is 29.0 Å². The fourth-order valence-corrected chi connectivity index (χ4v) is 1.56. The third-order valence-electron chi connectivity index (χ3n) is 1.90. The molecule has 2 N–H and O–H groups in total. The maximum Gasteiger partial charge on any atom is 0.471 e. The Kier molecular flexibility index (Phi) is 4.65. The van der Waals surface area contributed by atoms with Gasteiger partial charge in [0.2, 0.25) is 5.91 Å². The molecule has 0 saturated heterocycles. The van der Waals surface area contributed by atoms with Gasteiger partial charge in [-0.3, -0.25) is 9.59 Å². The molecule has 9 heteroatoms. The summed E-state index contributed by atoms with van der Waals surface area (Å²) in [5, 5.41) is 6.25. The Balaban J connectivity index is 2.40. The van der Waals surface area contributed by atoms with Gasteiger partial charge in [-0.15, -0.1) is 11.3 Å². The summed E-state index contributed by atoms with van der Waals surface area (Å²) in [4.78, 5) is 25.9. The quantitative estimate of drug-likeness (QED) is 0.858. The zero-order valence-electron chi connectivity index (χ0n) is 9.25. The van der Waals surface area contributed by atoms with E-state index in [2.05, 4.69) is 10.3 Å². The lowest BCUT2D eigenvalue weighted by atomic mass is 10.3. The number of thiazole rings is 1. The number of carbonyl (C=O) groups is 2. The molecule has 0 fully saturated rings. The molecule has 0 spiro atoms. The van der Waals surface area contributed by atoms with Gasteiger partial charge in [-0.05, 0) is 6.92 Å². The highest BCUT2D eigenvalue weighted by atomic mass is 32.1. The molecule has 2 amide bonds. The van der Waals surface area contributed by atoms with Gasteiger partial charge in [-0.25, -0.2) is 4.98 Å². The van der Waals surface area contributed by atoms with Crippen LogP contribution >= 0.6 is 11.3 Å². The lowest BCUT2D eigenvalue weighted by molar-refractivity contribution is -0.174. The van der Waals surface area contributed by atoms with Crippen molar-refractivity contribution < 1.29 is 22.8 Å². The summed E-state index contributed by atoms with van der Waals surface area (Å²) in [5.41, 5.74) is 0. The van der Waals surface area contributed by atoms with Crippen molar-refractivity contribution in [1.82, 2.24) is 15.6 Å². The summed E-state index contributed by atoms with van der Waals surface area (Å²) in [5.74, 6) is -2.85. The van der Waals surface area contributed by atoms with Crippen LogP contribution in [0.15, 0.2) is 11.6 Å². The van der Waals surface area contributed by atoms with E-state index in [0.717, 1.165) is 0 Å². The van der Waals surface area contributed by atoms with Gasteiger partial charge in [0.25, 0.3) is 0 Å². The number of carbonyl (C=O) groups excluding carboxylic acids is 2. The van der Waals surface area contributed by atoms with Gasteiger partial charge in [0, 0.05) is 11.6 Å². The van der Waals surface area contributed by atoms with Crippen LogP contribution in [0.2, 0.25) is 0 Å². The second-order valence-corrected chi connectivity index (χ2v) is 4.32. The van der Waals surface area contributed by atoms with Gasteiger partial charge in [-0.2, -0.15) is 13.2 Å². The van der Waals surface area contributed by atoms with Crippen LogP contribution in [-0.2, 0) is 16.1 Å². The third-order valence-corrected chi connectivity index (χ3v) is 2.68. The maximum atomic E-state index is 11.9. The van der Waals surface area contributed by atoms with Crippen LogP contribution < -0.4 is 10.6 Å². The van der Waals surface area contributed by atoms with Gasteiger partial charge in [0.1, 0.15) is 11.0 Å². The first-order valence-corrected chi connectivity index (χ1v) is 5.72. The second-order valence-electron chi connectivity index (χ2n) is 3.34. The average Bonchev–Trinajstić information content (AvgIpc) is 2.77. The van der Waals surface area contributed by atoms with Crippen molar-refractivity contribution in [3.63, 3.8) is 0 Å². The second kappa shape index (κ2) is 5.80. The number of alkyl halides is 3. The Labute approximate surface area is 104 Å². The molecule has 0 aromatic carbocycles. The topological polar surface area (TPSA) is 71.1 Å². The van der Waals surface area contributed by atoms with Crippen molar-refractivity contribution in [2.75, 3.05) is 0 Å². The minimum atomic E-state index is -5.00.